The van der Waals surface area contributed by atoms with Crippen molar-refractivity contribution in [3.63, 3.8) is 0 Å². The molecule has 23 heavy (non-hydrogen) atoms. The first-order valence-corrected chi connectivity index (χ1v) is 8.38. The van der Waals surface area contributed by atoms with Gasteiger partial charge in [-0.25, -0.2) is 8.42 Å². The second-order valence-corrected chi connectivity index (χ2v) is 7.09. The van der Waals surface area contributed by atoms with Crippen molar-refractivity contribution < 1.29 is 21.6 Å². The van der Waals surface area contributed by atoms with Crippen molar-refractivity contribution in [2.75, 3.05) is 4.72 Å². The fourth-order valence-corrected chi connectivity index (χ4v) is 3.03. The molecule has 0 heterocycles. The van der Waals surface area contributed by atoms with Crippen LogP contribution in [0.25, 0.3) is 0 Å². The van der Waals surface area contributed by atoms with Gasteiger partial charge in [0.05, 0.1) is 10.5 Å². The molecule has 2 rings (SSSR count). The average molecular weight is 343 g/mol. The maximum atomic E-state index is 12.5. The van der Waals surface area contributed by atoms with Crippen molar-refractivity contribution in [2.24, 2.45) is 0 Å². The van der Waals surface area contributed by atoms with E-state index in [1.54, 1.807) is 12.1 Å². The Morgan fingerprint density at radius 1 is 0.913 bits per heavy atom. The quantitative estimate of drug-likeness (QED) is 0.880. The third-order valence-corrected chi connectivity index (χ3v) is 4.72. The van der Waals surface area contributed by atoms with Crippen LogP contribution in [0.1, 0.15) is 30.9 Å². The molecule has 0 aliphatic rings. The van der Waals surface area contributed by atoms with Gasteiger partial charge in [-0.3, -0.25) is 4.72 Å². The molecular weight excluding hydrogens is 327 g/mol. The zero-order valence-corrected chi connectivity index (χ0v) is 13.4. The van der Waals surface area contributed by atoms with Crippen LogP contribution >= 0.6 is 0 Å². The molecule has 0 spiro atoms. The Balaban J connectivity index is 2.21. The lowest BCUT2D eigenvalue weighted by atomic mass is 10.0. The van der Waals surface area contributed by atoms with Crippen molar-refractivity contribution in [3.05, 3.63) is 59.7 Å². The number of anilines is 1. The number of halogens is 3. The number of hydrogen-bond acceptors (Lipinski definition) is 2. The number of hydrogen-bond donors (Lipinski definition) is 1. The average Bonchev–Trinajstić information content (AvgIpc) is 2.46. The van der Waals surface area contributed by atoms with Crippen LogP contribution in [-0.2, 0) is 16.2 Å². The van der Waals surface area contributed by atoms with Gasteiger partial charge >= 0.3 is 6.18 Å². The smallest absolute Gasteiger partial charge is 0.280 e. The topological polar surface area (TPSA) is 46.2 Å². The van der Waals surface area contributed by atoms with Crippen molar-refractivity contribution in [2.45, 2.75) is 30.8 Å². The monoisotopic (exact) mass is 343 g/mol. The van der Waals surface area contributed by atoms with Crippen LogP contribution < -0.4 is 4.72 Å². The van der Waals surface area contributed by atoms with Crippen LogP contribution in [0.4, 0.5) is 18.9 Å². The molecule has 0 unspecified atom stereocenters. The Hall–Kier alpha value is -2.02. The summed E-state index contributed by atoms with van der Waals surface area (Å²) in [5, 5.41) is 0. The molecule has 124 valence electrons. The minimum absolute atomic E-state index is 0.0572. The predicted molar refractivity (Wildman–Crippen MR) is 82.8 cm³/mol. The molecule has 0 atom stereocenters. The Kier molecular flexibility index (Phi) is 4.70. The van der Waals surface area contributed by atoms with Gasteiger partial charge in [0, 0.05) is 5.69 Å². The highest BCUT2D eigenvalue weighted by atomic mass is 32.2. The van der Waals surface area contributed by atoms with Gasteiger partial charge in [0.1, 0.15) is 0 Å². The van der Waals surface area contributed by atoms with Crippen molar-refractivity contribution in [1.29, 1.82) is 0 Å². The van der Waals surface area contributed by atoms with E-state index in [0.717, 1.165) is 29.8 Å². The molecule has 0 fully saturated rings. The summed E-state index contributed by atoms with van der Waals surface area (Å²) < 4.78 is 64.2. The first-order chi connectivity index (χ1) is 10.6. The van der Waals surface area contributed by atoms with E-state index in [4.69, 9.17) is 0 Å². The van der Waals surface area contributed by atoms with Crippen LogP contribution in [0.5, 0.6) is 0 Å². The van der Waals surface area contributed by atoms with Gasteiger partial charge < -0.3 is 0 Å². The van der Waals surface area contributed by atoms with Gasteiger partial charge in [0.25, 0.3) is 10.0 Å². The van der Waals surface area contributed by atoms with Crippen LogP contribution in [0.2, 0.25) is 0 Å². The molecule has 2 aromatic carbocycles. The normalized spacial score (nSPS) is 12.4. The highest BCUT2D eigenvalue weighted by Crippen LogP contribution is 2.30. The molecule has 7 heteroatoms. The Morgan fingerprint density at radius 2 is 1.43 bits per heavy atom. The van der Waals surface area contributed by atoms with E-state index in [9.17, 15) is 21.6 Å². The van der Waals surface area contributed by atoms with Gasteiger partial charge in [-0.05, 0) is 47.9 Å². The summed E-state index contributed by atoms with van der Waals surface area (Å²) >= 11 is 0. The molecule has 0 saturated carbocycles. The second kappa shape index (κ2) is 6.23. The summed E-state index contributed by atoms with van der Waals surface area (Å²) in [6, 6.07) is 10.2. The lowest BCUT2D eigenvalue weighted by Crippen LogP contribution is -2.13. The Morgan fingerprint density at radius 3 is 1.87 bits per heavy atom. The third-order valence-electron chi connectivity index (χ3n) is 3.32. The molecule has 0 amide bonds. The summed E-state index contributed by atoms with van der Waals surface area (Å²) in [5.41, 5.74) is 0.242. The maximum Gasteiger partial charge on any atom is 0.416 e. The fourth-order valence-electron chi connectivity index (χ4n) is 1.97. The summed E-state index contributed by atoms with van der Waals surface area (Å²) in [7, 11) is -3.84. The summed E-state index contributed by atoms with van der Waals surface area (Å²) in [4.78, 5) is 0.0572. The molecule has 0 saturated heterocycles. The van der Waals surface area contributed by atoms with E-state index in [2.05, 4.69) is 4.72 Å². The van der Waals surface area contributed by atoms with E-state index in [0.29, 0.717) is 0 Å². The third kappa shape index (κ3) is 4.25. The minimum atomic E-state index is -4.45. The van der Waals surface area contributed by atoms with Crippen LogP contribution in [0.3, 0.4) is 0 Å². The Bertz CT molecular complexity index is 764. The van der Waals surface area contributed by atoms with Gasteiger partial charge in [0.2, 0.25) is 0 Å². The lowest BCUT2D eigenvalue weighted by molar-refractivity contribution is -0.137. The number of nitrogens with one attached hydrogen (secondary N) is 1. The van der Waals surface area contributed by atoms with E-state index in [-0.39, 0.29) is 16.5 Å². The van der Waals surface area contributed by atoms with E-state index >= 15 is 0 Å². The molecule has 0 aliphatic carbocycles. The highest BCUT2D eigenvalue weighted by molar-refractivity contribution is 7.92. The van der Waals surface area contributed by atoms with Crippen molar-refractivity contribution in [3.8, 4) is 0 Å². The first kappa shape index (κ1) is 17.3. The van der Waals surface area contributed by atoms with Crippen LogP contribution in [0.15, 0.2) is 53.4 Å². The Labute approximate surface area is 133 Å². The van der Waals surface area contributed by atoms with E-state index < -0.39 is 21.8 Å². The standard InChI is InChI=1S/C16H16F3NO2S/c1-11(2)12-3-9-15(10-4-12)23(21,22)20-14-7-5-13(6-8-14)16(17,18)19/h3-11,20H,1-2H3. The molecule has 3 nitrogen and oxygen atoms in total. The van der Waals surface area contributed by atoms with Crippen molar-refractivity contribution in [1.82, 2.24) is 0 Å². The zero-order chi connectivity index (χ0) is 17.3. The summed E-state index contributed by atoms with van der Waals surface area (Å²) in [6.45, 7) is 3.98. The largest absolute Gasteiger partial charge is 0.416 e. The molecule has 0 aliphatic heterocycles. The van der Waals surface area contributed by atoms with Gasteiger partial charge in [-0.2, -0.15) is 13.2 Å². The van der Waals surface area contributed by atoms with Crippen molar-refractivity contribution >= 4 is 15.7 Å². The SMILES string of the molecule is CC(C)c1ccc(S(=O)(=O)Nc2ccc(C(F)(F)F)cc2)cc1. The molecule has 0 bridgehead atoms. The molecule has 0 aromatic heterocycles. The fraction of sp³-hybridized carbons (Fsp3) is 0.250. The highest BCUT2D eigenvalue weighted by Gasteiger charge is 2.30. The lowest BCUT2D eigenvalue weighted by Gasteiger charge is -2.11. The molecule has 1 N–H and O–H groups in total. The number of benzene rings is 2. The van der Waals surface area contributed by atoms with Crippen LogP contribution in [0, 0.1) is 0 Å². The molecule has 2 aromatic rings. The number of rotatable bonds is 4. The maximum absolute atomic E-state index is 12.5. The summed E-state index contributed by atoms with van der Waals surface area (Å²) in [5.74, 6) is 0.273. The first-order valence-electron chi connectivity index (χ1n) is 6.89. The van der Waals surface area contributed by atoms with E-state index in [1.165, 1.54) is 12.1 Å². The zero-order valence-electron chi connectivity index (χ0n) is 12.6. The van der Waals surface area contributed by atoms with Gasteiger partial charge in [0.15, 0.2) is 0 Å². The summed E-state index contributed by atoms with van der Waals surface area (Å²) in [6.07, 6.45) is -4.45. The van der Waals surface area contributed by atoms with E-state index in [1.807, 2.05) is 13.8 Å². The number of sulfonamides is 1. The van der Waals surface area contributed by atoms with Crippen LogP contribution in [-0.4, -0.2) is 8.42 Å². The molecular formula is C16H16F3NO2S. The molecule has 0 radical (unpaired) electrons. The van der Waals surface area contributed by atoms with Gasteiger partial charge in [-0.1, -0.05) is 26.0 Å². The second-order valence-electron chi connectivity index (χ2n) is 5.40. The minimum Gasteiger partial charge on any atom is -0.280 e. The number of alkyl halides is 3. The predicted octanol–water partition coefficient (Wildman–Crippen LogP) is 4.63. The van der Waals surface area contributed by atoms with Gasteiger partial charge in [-0.15, -0.1) is 0 Å².